The highest BCUT2D eigenvalue weighted by Gasteiger charge is 2.06. The van der Waals surface area contributed by atoms with Gasteiger partial charge in [-0.2, -0.15) is 0 Å². The first-order chi connectivity index (χ1) is 8.15. The van der Waals surface area contributed by atoms with E-state index in [1.165, 1.54) is 7.11 Å². The number of aliphatic hydroxyl groups excluding tert-OH is 1. The Labute approximate surface area is 106 Å². The lowest BCUT2D eigenvalue weighted by atomic mass is 10.3. The van der Waals surface area contributed by atoms with Crippen LogP contribution in [0.15, 0.2) is 12.1 Å². The molecule has 0 aliphatic rings. The third kappa shape index (κ3) is 5.30. The van der Waals surface area contributed by atoms with Crippen LogP contribution in [-0.2, 0) is 22.5 Å². The summed E-state index contributed by atoms with van der Waals surface area (Å²) in [4.78, 5) is 13.2. The number of esters is 1. The quantitative estimate of drug-likeness (QED) is 0.723. The van der Waals surface area contributed by atoms with Crippen LogP contribution in [0.1, 0.15) is 23.1 Å². The average Bonchev–Trinajstić information content (AvgIpc) is 2.76. The molecule has 1 unspecified atom stereocenters. The minimum Gasteiger partial charge on any atom is -0.469 e. The number of carbonyl (C=O) groups excluding carboxylic acids is 1. The van der Waals surface area contributed by atoms with Crippen molar-refractivity contribution in [1.82, 2.24) is 5.32 Å². The van der Waals surface area contributed by atoms with Gasteiger partial charge in [0.2, 0.25) is 0 Å². The lowest BCUT2D eigenvalue weighted by Gasteiger charge is -2.07. The van der Waals surface area contributed by atoms with Crippen LogP contribution in [0.3, 0.4) is 0 Å². The Kier molecular flexibility index (Phi) is 6.18. The van der Waals surface area contributed by atoms with Crippen LogP contribution >= 0.6 is 11.3 Å². The first kappa shape index (κ1) is 14.2. The zero-order chi connectivity index (χ0) is 12.7. The minimum atomic E-state index is -0.287. The van der Waals surface area contributed by atoms with Crippen molar-refractivity contribution in [2.75, 3.05) is 13.7 Å². The molecular formula is C12H19NO3S. The predicted molar refractivity (Wildman–Crippen MR) is 68.0 cm³/mol. The number of aliphatic hydroxyl groups is 1. The molecule has 1 rings (SSSR count). The molecule has 1 aromatic rings. The molecule has 2 N–H and O–H groups in total. The summed E-state index contributed by atoms with van der Waals surface area (Å²) in [6, 6.07) is 3.93. The fourth-order valence-corrected chi connectivity index (χ4v) is 2.31. The van der Waals surface area contributed by atoms with Gasteiger partial charge in [-0.25, -0.2) is 0 Å². The molecule has 0 radical (unpaired) electrons. The summed E-state index contributed by atoms with van der Waals surface area (Å²) in [6.45, 7) is 3.27. The van der Waals surface area contributed by atoms with Gasteiger partial charge in [0.05, 0.1) is 19.6 Å². The summed E-state index contributed by atoms with van der Waals surface area (Å²) >= 11 is 1.59. The largest absolute Gasteiger partial charge is 0.469 e. The molecule has 0 aromatic carbocycles. The second-order valence-electron chi connectivity index (χ2n) is 3.81. The fourth-order valence-electron chi connectivity index (χ4n) is 1.33. The number of carbonyl (C=O) groups is 1. The van der Waals surface area contributed by atoms with E-state index in [0.29, 0.717) is 13.0 Å². The fraction of sp³-hybridized carbons (Fsp3) is 0.583. The van der Waals surface area contributed by atoms with Crippen LogP contribution < -0.4 is 5.32 Å². The third-order valence-electron chi connectivity index (χ3n) is 2.41. The number of rotatable bonds is 7. The Morgan fingerprint density at radius 2 is 2.24 bits per heavy atom. The molecule has 96 valence electrons. The van der Waals surface area contributed by atoms with Crippen molar-refractivity contribution in [3.05, 3.63) is 21.9 Å². The van der Waals surface area contributed by atoms with Gasteiger partial charge < -0.3 is 15.2 Å². The molecule has 0 aliphatic heterocycles. The van der Waals surface area contributed by atoms with Gasteiger partial charge >= 0.3 is 5.97 Å². The number of hydrogen-bond acceptors (Lipinski definition) is 5. The highest BCUT2D eigenvalue weighted by molar-refractivity contribution is 7.12. The third-order valence-corrected chi connectivity index (χ3v) is 3.50. The van der Waals surface area contributed by atoms with Gasteiger partial charge in [-0.3, -0.25) is 4.79 Å². The van der Waals surface area contributed by atoms with E-state index in [1.54, 1.807) is 11.3 Å². The van der Waals surface area contributed by atoms with Gasteiger partial charge in [0.1, 0.15) is 0 Å². The summed E-state index contributed by atoms with van der Waals surface area (Å²) in [5.74, 6) is -0.215. The van der Waals surface area contributed by atoms with E-state index in [1.807, 2.05) is 19.1 Å². The van der Waals surface area contributed by atoms with Crippen molar-refractivity contribution in [2.45, 2.75) is 32.4 Å². The van der Waals surface area contributed by atoms with Crippen LogP contribution in [-0.4, -0.2) is 30.8 Å². The number of methoxy groups -OCH3 is 1. The van der Waals surface area contributed by atoms with E-state index >= 15 is 0 Å². The maximum absolute atomic E-state index is 11.1. The highest BCUT2D eigenvalue weighted by Crippen LogP contribution is 2.17. The van der Waals surface area contributed by atoms with Gasteiger partial charge in [0.15, 0.2) is 0 Å². The molecule has 17 heavy (non-hydrogen) atoms. The minimum absolute atomic E-state index is 0.215. The summed E-state index contributed by atoms with van der Waals surface area (Å²) in [7, 11) is 1.39. The van der Waals surface area contributed by atoms with E-state index in [0.717, 1.165) is 22.7 Å². The highest BCUT2D eigenvalue weighted by atomic mass is 32.1. The monoisotopic (exact) mass is 257 g/mol. The second-order valence-corrected chi connectivity index (χ2v) is 5.07. The Morgan fingerprint density at radius 3 is 2.88 bits per heavy atom. The van der Waals surface area contributed by atoms with Gasteiger partial charge in [0.25, 0.3) is 0 Å². The molecular weight excluding hydrogens is 238 g/mol. The number of ether oxygens (including phenoxy) is 1. The van der Waals surface area contributed by atoms with Crippen molar-refractivity contribution in [3.63, 3.8) is 0 Å². The van der Waals surface area contributed by atoms with Crippen molar-refractivity contribution in [3.8, 4) is 0 Å². The van der Waals surface area contributed by atoms with Crippen LogP contribution in [0.5, 0.6) is 0 Å². The zero-order valence-corrected chi connectivity index (χ0v) is 11.0. The normalized spacial score (nSPS) is 12.4. The van der Waals surface area contributed by atoms with Crippen molar-refractivity contribution in [1.29, 1.82) is 0 Å². The molecule has 0 saturated heterocycles. The molecule has 5 heteroatoms. The summed E-state index contributed by atoms with van der Waals surface area (Å²) in [6.07, 6.45) is 0.800. The standard InChI is InChI=1S/C12H19NO3S/c1-3-9(14)7-13-8-11-5-4-10(17-11)6-12(15)16-2/h4-5,9,13-14H,3,6-8H2,1-2H3. The molecule has 1 aromatic heterocycles. The topological polar surface area (TPSA) is 58.6 Å². The molecule has 0 aliphatic carbocycles. The van der Waals surface area contributed by atoms with Crippen LogP contribution in [0.2, 0.25) is 0 Å². The second kappa shape index (κ2) is 7.42. The summed E-state index contributed by atoms with van der Waals surface area (Å²) < 4.78 is 4.61. The van der Waals surface area contributed by atoms with E-state index < -0.39 is 0 Å². The first-order valence-electron chi connectivity index (χ1n) is 5.68. The van der Waals surface area contributed by atoms with E-state index in [4.69, 9.17) is 0 Å². The van der Waals surface area contributed by atoms with Gasteiger partial charge in [0, 0.05) is 22.8 Å². The Morgan fingerprint density at radius 1 is 1.53 bits per heavy atom. The van der Waals surface area contributed by atoms with Crippen molar-refractivity contribution in [2.24, 2.45) is 0 Å². The number of nitrogens with one attached hydrogen (secondary N) is 1. The zero-order valence-electron chi connectivity index (χ0n) is 10.2. The van der Waals surface area contributed by atoms with Crippen molar-refractivity contribution >= 4 is 17.3 Å². The van der Waals surface area contributed by atoms with E-state index in [9.17, 15) is 9.90 Å². The Hall–Kier alpha value is -0.910. The van der Waals surface area contributed by atoms with Gasteiger partial charge in [-0.1, -0.05) is 6.92 Å². The SMILES string of the molecule is CCC(O)CNCc1ccc(CC(=O)OC)s1. The average molecular weight is 257 g/mol. The molecule has 0 amide bonds. The maximum Gasteiger partial charge on any atom is 0.310 e. The van der Waals surface area contributed by atoms with Crippen LogP contribution in [0, 0.1) is 0 Å². The van der Waals surface area contributed by atoms with E-state index in [2.05, 4.69) is 10.1 Å². The Bertz CT molecular complexity index is 351. The van der Waals surface area contributed by atoms with Crippen LogP contribution in [0.4, 0.5) is 0 Å². The van der Waals surface area contributed by atoms with Crippen LogP contribution in [0.25, 0.3) is 0 Å². The van der Waals surface area contributed by atoms with Gasteiger partial charge in [-0.15, -0.1) is 11.3 Å². The predicted octanol–water partition coefficient (Wildman–Crippen LogP) is 1.32. The number of thiophene rings is 1. The maximum atomic E-state index is 11.1. The van der Waals surface area contributed by atoms with E-state index in [-0.39, 0.29) is 12.1 Å². The molecule has 0 spiro atoms. The summed E-state index contributed by atoms with van der Waals surface area (Å²) in [5.41, 5.74) is 0. The molecule has 1 atom stereocenters. The lowest BCUT2D eigenvalue weighted by molar-refractivity contribution is -0.139. The molecule has 0 saturated carbocycles. The molecule has 0 fully saturated rings. The molecule has 1 heterocycles. The number of hydrogen-bond donors (Lipinski definition) is 2. The lowest BCUT2D eigenvalue weighted by Crippen LogP contribution is -2.25. The van der Waals surface area contributed by atoms with Crippen molar-refractivity contribution < 1.29 is 14.6 Å². The van der Waals surface area contributed by atoms with Gasteiger partial charge in [-0.05, 0) is 18.6 Å². The molecule has 4 nitrogen and oxygen atoms in total. The first-order valence-corrected chi connectivity index (χ1v) is 6.50. The summed E-state index contributed by atoms with van der Waals surface area (Å²) in [5, 5.41) is 12.5. The molecule has 0 bridgehead atoms. The Balaban J connectivity index is 2.33. The smallest absolute Gasteiger partial charge is 0.310 e.